The summed E-state index contributed by atoms with van der Waals surface area (Å²) in [7, 11) is 1.63. The summed E-state index contributed by atoms with van der Waals surface area (Å²) in [5, 5.41) is 13.3. The van der Waals surface area contributed by atoms with E-state index in [-0.39, 0.29) is 6.10 Å². The molecule has 1 aliphatic rings. The van der Waals surface area contributed by atoms with Crippen molar-refractivity contribution in [1.82, 2.24) is 0 Å². The van der Waals surface area contributed by atoms with Gasteiger partial charge in [-0.1, -0.05) is 17.7 Å². The first-order valence-corrected chi connectivity index (χ1v) is 6.73. The van der Waals surface area contributed by atoms with Crippen LogP contribution in [0.5, 0.6) is 0 Å². The summed E-state index contributed by atoms with van der Waals surface area (Å²) < 4.78 is 5.33. The van der Waals surface area contributed by atoms with E-state index in [0.29, 0.717) is 17.9 Å². The molecule has 0 bridgehead atoms. The molecule has 1 aromatic rings. The Kier molecular flexibility index (Phi) is 4.32. The topological polar surface area (TPSA) is 58.6 Å². The molecule has 1 saturated carbocycles. The number of nitrogens with one attached hydrogen (secondary N) is 1. The molecular weight excluding hydrogens is 266 g/mol. The smallest absolute Gasteiger partial charge is 0.329 e. The second-order valence-corrected chi connectivity index (χ2v) is 5.41. The molecule has 2 atom stereocenters. The quantitative estimate of drug-likeness (QED) is 0.891. The number of carboxylic acid groups (broad SMARTS) is 1. The Bertz CT molecular complexity index is 466. The van der Waals surface area contributed by atoms with Gasteiger partial charge >= 0.3 is 5.97 Å². The molecule has 0 saturated heterocycles. The van der Waals surface area contributed by atoms with Crippen molar-refractivity contribution in [1.29, 1.82) is 0 Å². The van der Waals surface area contributed by atoms with Gasteiger partial charge in [0.05, 0.1) is 6.10 Å². The zero-order chi connectivity index (χ0) is 13.9. The van der Waals surface area contributed by atoms with Crippen molar-refractivity contribution in [3.63, 3.8) is 0 Å². The van der Waals surface area contributed by atoms with Gasteiger partial charge in [-0.05, 0) is 37.5 Å². The Hall–Kier alpha value is -1.26. The minimum absolute atomic E-state index is 0.0171. The molecule has 0 aromatic heterocycles. The molecule has 1 aromatic carbocycles. The number of benzene rings is 1. The first kappa shape index (κ1) is 14.2. The lowest BCUT2D eigenvalue weighted by molar-refractivity contribution is -0.145. The average Bonchev–Trinajstić information content (AvgIpc) is 2.38. The fourth-order valence-corrected chi connectivity index (χ4v) is 2.82. The van der Waals surface area contributed by atoms with Crippen LogP contribution in [0.1, 0.15) is 25.7 Å². The van der Waals surface area contributed by atoms with E-state index in [9.17, 15) is 9.90 Å². The highest BCUT2D eigenvalue weighted by Crippen LogP contribution is 2.34. The monoisotopic (exact) mass is 283 g/mol. The third kappa shape index (κ3) is 3.19. The van der Waals surface area contributed by atoms with Gasteiger partial charge in [0.25, 0.3) is 0 Å². The summed E-state index contributed by atoms with van der Waals surface area (Å²) >= 11 is 5.93. The van der Waals surface area contributed by atoms with Gasteiger partial charge in [-0.2, -0.15) is 0 Å². The van der Waals surface area contributed by atoms with Crippen LogP contribution in [0, 0.1) is 0 Å². The van der Waals surface area contributed by atoms with Crippen LogP contribution in [-0.4, -0.2) is 29.8 Å². The summed E-state index contributed by atoms with van der Waals surface area (Å²) in [5.41, 5.74) is -0.240. The molecule has 4 nitrogen and oxygen atoms in total. The van der Waals surface area contributed by atoms with Gasteiger partial charge in [0.15, 0.2) is 0 Å². The van der Waals surface area contributed by atoms with Crippen LogP contribution < -0.4 is 5.32 Å². The Morgan fingerprint density at radius 3 is 3.00 bits per heavy atom. The number of carboxylic acids is 1. The number of methoxy groups -OCH3 is 1. The van der Waals surface area contributed by atoms with Gasteiger partial charge < -0.3 is 15.2 Å². The van der Waals surface area contributed by atoms with Crippen molar-refractivity contribution < 1.29 is 14.6 Å². The predicted octanol–water partition coefficient (Wildman–Crippen LogP) is 3.16. The van der Waals surface area contributed by atoms with Crippen LogP contribution in [0.2, 0.25) is 5.02 Å². The van der Waals surface area contributed by atoms with E-state index in [2.05, 4.69) is 5.32 Å². The van der Waals surface area contributed by atoms with E-state index in [1.165, 1.54) is 0 Å². The molecule has 2 unspecified atom stereocenters. The lowest BCUT2D eigenvalue weighted by Gasteiger charge is -2.38. The molecule has 2 rings (SSSR count). The normalized spacial score (nSPS) is 26.9. The molecule has 0 radical (unpaired) electrons. The first-order chi connectivity index (χ1) is 9.05. The van der Waals surface area contributed by atoms with Crippen molar-refractivity contribution in [2.24, 2.45) is 0 Å². The SMILES string of the molecule is COC1CCCC(Nc2cccc(Cl)c2)(C(=O)O)C1. The molecule has 0 amide bonds. The van der Waals surface area contributed by atoms with Crippen LogP contribution in [0.15, 0.2) is 24.3 Å². The fourth-order valence-electron chi connectivity index (χ4n) is 2.63. The molecule has 104 valence electrons. The number of hydrogen-bond acceptors (Lipinski definition) is 3. The minimum atomic E-state index is -0.969. The number of carbonyl (C=O) groups is 1. The number of hydrogen-bond donors (Lipinski definition) is 2. The number of halogens is 1. The number of ether oxygens (including phenoxy) is 1. The maximum absolute atomic E-state index is 11.7. The largest absolute Gasteiger partial charge is 0.480 e. The maximum atomic E-state index is 11.7. The van der Waals surface area contributed by atoms with Crippen LogP contribution in [-0.2, 0) is 9.53 Å². The Labute approximate surface area is 117 Å². The van der Waals surface area contributed by atoms with E-state index in [4.69, 9.17) is 16.3 Å². The zero-order valence-corrected chi connectivity index (χ0v) is 11.6. The molecular formula is C14H18ClNO3. The number of anilines is 1. The van der Waals surface area contributed by atoms with Crippen LogP contribution in [0.25, 0.3) is 0 Å². The van der Waals surface area contributed by atoms with E-state index in [0.717, 1.165) is 18.5 Å². The van der Waals surface area contributed by atoms with Gasteiger partial charge in [-0.3, -0.25) is 0 Å². The van der Waals surface area contributed by atoms with Gasteiger partial charge in [0.1, 0.15) is 5.54 Å². The molecule has 0 heterocycles. The van der Waals surface area contributed by atoms with E-state index >= 15 is 0 Å². The number of rotatable bonds is 4. The van der Waals surface area contributed by atoms with Gasteiger partial charge in [0, 0.05) is 24.2 Å². The third-order valence-corrected chi connectivity index (χ3v) is 3.89. The fraction of sp³-hybridized carbons (Fsp3) is 0.500. The van der Waals surface area contributed by atoms with Crippen molar-refractivity contribution in [3.05, 3.63) is 29.3 Å². The molecule has 1 aliphatic carbocycles. The Morgan fingerprint density at radius 2 is 2.37 bits per heavy atom. The van der Waals surface area contributed by atoms with Crippen LogP contribution in [0.3, 0.4) is 0 Å². The van der Waals surface area contributed by atoms with E-state index in [1.54, 1.807) is 25.3 Å². The molecule has 19 heavy (non-hydrogen) atoms. The summed E-state index contributed by atoms with van der Waals surface area (Å²) in [6, 6.07) is 7.13. The molecule has 0 aliphatic heterocycles. The molecule has 1 fully saturated rings. The van der Waals surface area contributed by atoms with E-state index < -0.39 is 11.5 Å². The van der Waals surface area contributed by atoms with Crippen molar-refractivity contribution in [2.75, 3.05) is 12.4 Å². The maximum Gasteiger partial charge on any atom is 0.329 e. The first-order valence-electron chi connectivity index (χ1n) is 6.36. The zero-order valence-electron chi connectivity index (χ0n) is 10.9. The molecule has 2 N–H and O–H groups in total. The predicted molar refractivity (Wildman–Crippen MR) is 74.7 cm³/mol. The van der Waals surface area contributed by atoms with Gasteiger partial charge in [-0.25, -0.2) is 4.79 Å². The number of aliphatic carboxylic acids is 1. The highest BCUT2D eigenvalue weighted by molar-refractivity contribution is 6.30. The summed E-state index contributed by atoms with van der Waals surface area (Å²) in [6.45, 7) is 0. The van der Waals surface area contributed by atoms with Gasteiger partial charge in [-0.15, -0.1) is 0 Å². The standard InChI is InChI=1S/C14H18ClNO3/c1-19-12-6-3-7-14(9-12,13(17)18)16-11-5-2-4-10(15)8-11/h2,4-5,8,12,16H,3,6-7,9H2,1H3,(H,17,18). The highest BCUT2D eigenvalue weighted by atomic mass is 35.5. The Balaban J connectivity index is 2.22. The van der Waals surface area contributed by atoms with Crippen molar-refractivity contribution >= 4 is 23.3 Å². The lowest BCUT2D eigenvalue weighted by Crippen LogP contribution is -2.51. The second kappa shape index (κ2) is 5.80. The summed E-state index contributed by atoms with van der Waals surface area (Å²) in [6.07, 6.45) is 2.78. The van der Waals surface area contributed by atoms with Gasteiger partial charge in [0.2, 0.25) is 0 Å². The van der Waals surface area contributed by atoms with E-state index in [1.807, 2.05) is 6.07 Å². The van der Waals surface area contributed by atoms with Crippen LogP contribution >= 0.6 is 11.6 Å². The minimum Gasteiger partial charge on any atom is -0.480 e. The summed E-state index contributed by atoms with van der Waals surface area (Å²) in [5.74, 6) is -0.839. The highest BCUT2D eigenvalue weighted by Gasteiger charge is 2.43. The third-order valence-electron chi connectivity index (χ3n) is 3.66. The lowest BCUT2D eigenvalue weighted by atomic mass is 9.80. The van der Waals surface area contributed by atoms with Crippen molar-refractivity contribution in [2.45, 2.75) is 37.3 Å². The average molecular weight is 284 g/mol. The van der Waals surface area contributed by atoms with Crippen LogP contribution in [0.4, 0.5) is 5.69 Å². The molecule has 0 spiro atoms. The molecule has 5 heteroatoms. The Morgan fingerprint density at radius 1 is 1.58 bits per heavy atom. The van der Waals surface area contributed by atoms with Crippen molar-refractivity contribution in [3.8, 4) is 0 Å². The summed E-state index contributed by atoms with van der Waals surface area (Å²) in [4.78, 5) is 11.7. The second-order valence-electron chi connectivity index (χ2n) is 4.98.